The normalized spacial score (nSPS) is 11.1. The first-order chi connectivity index (χ1) is 7.24. The summed E-state index contributed by atoms with van der Waals surface area (Å²) < 4.78 is 7.66. The topological polar surface area (TPSA) is 65.4 Å². The van der Waals surface area contributed by atoms with Gasteiger partial charge in [-0.25, -0.2) is 9.97 Å². The third-order valence-electron chi connectivity index (χ3n) is 2.14. The van der Waals surface area contributed by atoms with Crippen LogP contribution in [0.1, 0.15) is 5.82 Å². The molecule has 0 fully saturated rings. The van der Waals surface area contributed by atoms with Gasteiger partial charge in [0.05, 0.1) is 6.61 Å². The molecular formula is C9H11BrN4O. The van der Waals surface area contributed by atoms with Crippen LogP contribution in [-0.4, -0.2) is 28.1 Å². The molecule has 80 valence electrons. The highest BCUT2D eigenvalue weighted by Crippen LogP contribution is 2.22. The molecule has 2 heterocycles. The molecule has 0 saturated heterocycles. The average molecular weight is 271 g/mol. The van der Waals surface area contributed by atoms with Crippen LogP contribution in [0.15, 0.2) is 17.0 Å². The zero-order valence-corrected chi connectivity index (χ0v) is 9.86. The van der Waals surface area contributed by atoms with Crippen molar-refractivity contribution in [1.82, 2.24) is 14.4 Å². The minimum Gasteiger partial charge on any atom is -0.384 e. The number of hydrogen-bond acceptors (Lipinski definition) is 4. The maximum absolute atomic E-state index is 5.77. The van der Waals surface area contributed by atoms with E-state index in [1.54, 1.807) is 13.3 Å². The van der Waals surface area contributed by atoms with Crippen molar-refractivity contribution in [1.29, 1.82) is 0 Å². The van der Waals surface area contributed by atoms with Gasteiger partial charge in [0.25, 0.3) is 0 Å². The van der Waals surface area contributed by atoms with Crippen molar-refractivity contribution in [2.24, 2.45) is 0 Å². The number of nitrogens with zero attached hydrogens (tertiary/aromatic N) is 3. The third kappa shape index (κ3) is 1.82. The van der Waals surface area contributed by atoms with Crippen molar-refractivity contribution < 1.29 is 4.74 Å². The van der Waals surface area contributed by atoms with E-state index in [2.05, 4.69) is 25.9 Å². The lowest BCUT2D eigenvalue weighted by Gasteiger charge is -2.00. The molecule has 2 aromatic heterocycles. The standard InChI is InChI=1S/C9H11BrN4O/c1-15-5-2-6-13-8(10)7-9(11)12-3-4-14(6)7/h3-4H,2,5H2,1H3,(H2,11,12). The number of ether oxygens (including phenoxy) is 1. The van der Waals surface area contributed by atoms with Crippen LogP contribution in [0.2, 0.25) is 0 Å². The summed E-state index contributed by atoms with van der Waals surface area (Å²) in [5.41, 5.74) is 6.57. The molecule has 0 amide bonds. The maximum Gasteiger partial charge on any atom is 0.150 e. The molecule has 0 spiro atoms. The van der Waals surface area contributed by atoms with Gasteiger partial charge in [-0.1, -0.05) is 0 Å². The molecule has 15 heavy (non-hydrogen) atoms. The Labute approximate surface area is 95.4 Å². The summed E-state index contributed by atoms with van der Waals surface area (Å²) in [4.78, 5) is 8.39. The van der Waals surface area contributed by atoms with Crippen molar-refractivity contribution >= 4 is 27.3 Å². The van der Waals surface area contributed by atoms with Crippen LogP contribution in [0.4, 0.5) is 5.82 Å². The van der Waals surface area contributed by atoms with Gasteiger partial charge in [-0.2, -0.15) is 0 Å². The number of aromatic nitrogens is 3. The Bertz CT molecular complexity index is 482. The molecule has 0 atom stereocenters. The van der Waals surface area contributed by atoms with Crippen molar-refractivity contribution in [2.45, 2.75) is 6.42 Å². The first-order valence-corrected chi connectivity index (χ1v) is 5.29. The van der Waals surface area contributed by atoms with Crippen molar-refractivity contribution in [3.05, 3.63) is 22.8 Å². The van der Waals surface area contributed by atoms with Gasteiger partial charge < -0.3 is 10.5 Å². The van der Waals surface area contributed by atoms with Crippen LogP contribution in [0, 0.1) is 0 Å². The molecule has 0 aliphatic carbocycles. The smallest absolute Gasteiger partial charge is 0.150 e. The molecule has 5 nitrogen and oxygen atoms in total. The van der Waals surface area contributed by atoms with Crippen LogP contribution in [0.3, 0.4) is 0 Å². The second-order valence-corrected chi connectivity index (χ2v) is 3.84. The average Bonchev–Trinajstić information content (AvgIpc) is 2.54. The SMILES string of the molecule is COCCc1nc(Br)c2c(N)nccn12. The van der Waals surface area contributed by atoms with Crippen LogP contribution in [-0.2, 0) is 11.2 Å². The molecule has 0 saturated carbocycles. The molecule has 0 radical (unpaired) electrons. The van der Waals surface area contributed by atoms with Crippen molar-refractivity contribution in [3.8, 4) is 0 Å². The summed E-state index contributed by atoms with van der Waals surface area (Å²) >= 11 is 3.37. The number of fused-ring (bicyclic) bond motifs is 1. The molecular weight excluding hydrogens is 260 g/mol. The van der Waals surface area contributed by atoms with Crippen LogP contribution in [0.5, 0.6) is 0 Å². The second-order valence-electron chi connectivity index (χ2n) is 3.09. The number of hydrogen-bond donors (Lipinski definition) is 1. The zero-order chi connectivity index (χ0) is 10.8. The Morgan fingerprint density at radius 3 is 3.13 bits per heavy atom. The van der Waals surface area contributed by atoms with E-state index in [0.29, 0.717) is 12.4 Å². The van der Waals surface area contributed by atoms with E-state index in [1.165, 1.54) is 0 Å². The fourth-order valence-corrected chi connectivity index (χ4v) is 2.05. The highest BCUT2D eigenvalue weighted by molar-refractivity contribution is 9.10. The van der Waals surface area contributed by atoms with Gasteiger partial charge in [0.2, 0.25) is 0 Å². The molecule has 0 aliphatic heterocycles. The predicted molar refractivity (Wildman–Crippen MR) is 60.7 cm³/mol. The lowest BCUT2D eigenvalue weighted by Crippen LogP contribution is -2.01. The van der Waals surface area contributed by atoms with Crippen LogP contribution < -0.4 is 5.73 Å². The number of nitrogen functional groups attached to an aromatic ring is 1. The van der Waals surface area contributed by atoms with Crippen LogP contribution >= 0.6 is 15.9 Å². The minimum absolute atomic E-state index is 0.473. The Balaban J connectivity index is 2.53. The zero-order valence-electron chi connectivity index (χ0n) is 8.27. The molecule has 6 heteroatoms. The fourth-order valence-electron chi connectivity index (χ4n) is 1.45. The highest BCUT2D eigenvalue weighted by atomic mass is 79.9. The minimum atomic E-state index is 0.473. The summed E-state index contributed by atoms with van der Waals surface area (Å²) in [5.74, 6) is 1.38. The predicted octanol–water partition coefficient (Wildman–Crippen LogP) is 1.26. The molecule has 0 unspecified atom stereocenters. The first kappa shape index (κ1) is 10.4. The van der Waals surface area contributed by atoms with E-state index >= 15 is 0 Å². The van der Waals surface area contributed by atoms with Gasteiger partial charge in [-0.15, -0.1) is 0 Å². The van der Waals surface area contributed by atoms with Gasteiger partial charge in [0.15, 0.2) is 5.82 Å². The molecule has 2 aromatic rings. The van der Waals surface area contributed by atoms with E-state index in [-0.39, 0.29) is 0 Å². The summed E-state index contributed by atoms with van der Waals surface area (Å²) in [7, 11) is 1.67. The first-order valence-electron chi connectivity index (χ1n) is 4.50. The third-order valence-corrected chi connectivity index (χ3v) is 2.70. The Morgan fingerprint density at radius 2 is 2.40 bits per heavy atom. The van der Waals surface area contributed by atoms with Gasteiger partial charge in [0.1, 0.15) is 15.9 Å². The van der Waals surface area contributed by atoms with Gasteiger partial charge in [-0.05, 0) is 15.9 Å². The van der Waals surface area contributed by atoms with E-state index in [1.807, 2.05) is 10.6 Å². The van der Waals surface area contributed by atoms with Crippen molar-refractivity contribution in [3.63, 3.8) is 0 Å². The summed E-state index contributed by atoms with van der Waals surface area (Å²) in [6.45, 7) is 0.633. The number of nitrogens with two attached hydrogens (primary N) is 1. The van der Waals surface area contributed by atoms with Gasteiger partial charge >= 0.3 is 0 Å². The number of rotatable bonds is 3. The van der Waals surface area contributed by atoms with Crippen molar-refractivity contribution in [2.75, 3.05) is 19.5 Å². The Kier molecular flexibility index (Phi) is 2.88. The number of imidazole rings is 1. The number of anilines is 1. The summed E-state index contributed by atoms with van der Waals surface area (Å²) in [6, 6.07) is 0. The molecule has 0 bridgehead atoms. The lowest BCUT2D eigenvalue weighted by molar-refractivity contribution is 0.200. The van der Waals surface area contributed by atoms with E-state index in [4.69, 9.17) is 10.5 Å². The van der Waals surface area contributed by atoms with Gasteiger partial charge in [-0.3, -0.25) is 4.40 Å². The largest absolute Gasteiger partial charge is 0.384 e. The van der Waals surface area contributed by atoms with E-state index in [9.17, 15) is 0 Å². The molecule has 2 N–H and O–H groups in total. The highest BCUT2D eigenvalue weighted by Gasteiger charge is 2.11. The number of halogens is 1. The molecule has 2 rings (SSSR count). The second kappa shape index (κ2) is 4.16. The fraction of sp³-hybridized carbons (Fsp3) is 0.333. The number of methoxy groups -OCH3 is 1. The molecule has 0 aliphatic rings. The quantitative estimate of drug-likeness (QED) is 0.912. The van der Waals surface area contributed by atoms with Crippen LogP contribution in [0.25, 0.3) is 5.52 Å². The summed E-state index contributed by atoms with van der Waals surface area (Å²) in [5, 5.41) is 0. The van der Waals surface area contributed by atoms with E-state index < -0.39 is 0 Å². The monoisotopic (exact) mass is 270 g/mol. The van der Waals surface area contributed by atoms with E-state index in [0.717, 1.165) is 22.4 Å². The Morgan fingerprint density at radius 1 is 1.60 bits per heavy atom. The molecule has 0 aromatic carbocycles. The maximum atomic E-state index is 5.77. The lowest BCUT2D eigenvalue weighted by atomic mass is 10.4. The van der Waals surface area contributed by atoms with Gasteiger partial charge in [0, 0.05) is 25.9 Å². The Hall–Kier alpha value is -1.14. The summed E-state index contributed by atoms with van der Waals surface area (Å²) in [6.07, 6.45) is 4.24.